The zero-order valence-corrected chi connectivity index (χ0v) is 12.3. The van der Waals surface area contributed by atoms with Crippen molar-refractivity contribution in [3.63, 3.8) is 0 Å². The maximum absolute atomic E-state index is 12.6. The quantitative estimate of drug-likeness (QED) is 0.905. The standard InChI is InChI=1S/C15H22N2O4/c1-16(10-12-7-9-21-11-12)15(20)17-8-3-2-4-13(17)5-6-14(18)19/h7,9,11,13H,2-6,8,10H2,1H3,(H,18,19). The molecule has 0 radical (unpaired) electrons. The number of carbonyl (C=O) groups excluding carboxylic acids is 1. The molecule has 21 heavy (non-hydrogen) atoms. The second kappa shape index (κ2) is 7.15. The van der Waals surface area contributed by atoms with Crippen LogP contribution < -0.4 is 0 Å². The van der Waals surface area contributed by atoms with Crippen molar-refractivity contribution in [3.05, 3.63) is 24.2 Å². The molecular formula is C15H22N2O4. The zero-order valence-electron chi connectivity index (χ0n) is 12.3. The van der Waals surface area contributed by atoms with E-state index in [1.807, 2.05) is 11.0 Å². The van der Waals surface area contributed by atoms with Crippen LogP contribution in [0.4, 0.5) is 4.79 Å². The molecule has 116 valence electrons. The SMILES string of the molecule is CN(Cc1ccoc1)C(=O)N1CCCCC1CCC(=O)O. The number of carboxylic acids is 1. The van der Waals surface area contributed by atoms with Gasteiger partial charge in [-0.25, -0.2) is 4.79 Å². The van der Waals surface area contributed by atoms with E-state index >= 15 is 0 Å². The molecule has 1 N–H and O–H groups in total. The fourth-order valence-electron chi connectivity index (χ4n) is 2.79. The van der Waals surface area contributed by atoms with E-state index in [0.717, 1.165) is 24.8 Å². The number of nitrogens with zero attached hydrogens (tertiary/aromatic N) is 2. The van der Waals surface area contributed by atoms with Crippen molar-refractivity contribution in [2.75, 3.05) is 13.6 Å². The number of likely N-dealkylation sites (tertiary alicyclic amines) is 1. The van der Waals surface area contributed by atoms with Gasteiger partial charge >= 0.3 is 12.0 Å². The van der Waals surface area contributed by atoms with Crippen LogP contribution in [0.3, 0.4) is 0 Å². The van der Waals surface area contributed by atoms with Crippen molar-refractivity contribution >= 4 is 12.0 Å². The molecule has 1 unspecified atom stereocenters. The number of carboxylic acid groups (broad SMARTS) is 1. The Bertz CT molecular complexity index is 472. The van der Waals surface area contributed by atoms with E-state index < -0.39 is 5.97 Å². The smallest absolute Gasteiger partial charge is 0.320 e. The molecule has 0 saturated carbocycles. The summed E-state index contributed by atoms with van der Waals surface area (Å²) in [6.45, 7) is 1.20. The lowest BCUT2D eigenvalue weighted by Crippen LogP contribution is -2.49. The van der Waals surface area contributed by atoms with Crippen molar-refractivity contribution < 1.29 is 19.1 Å². The maximum Gasteiger partial charge on any atom is 0.320 e. The highest BCUT2D eigenvalue weighted by molar-refractivity contribution is 5.75. The van der Waals surface area contributed by atoms with E-state index in [1.165, 1.54) is 0 Å². The summed E-state index contributed by atoms with van der Waals surface area (Å²) in [5, 5.41) is 8.83. The molecule has 0 aromatic carbocycles. The van der Waals surface area contributed by atoms with Crippen LogP contribution >= 0.6 is 0 Å². The number of aliphatic carboxylic acids is 1. The van der Waals surface area contributed by atoms with Gasteiger partial charge in [0.1, 0.15) is 0 Å². The summed E-state index contributed by atoms with van der Waals surface area (Å²) < 4.78 is 5.01. The summed E-state index contributed by atoms with van der Waals surface area (Å²) in [4.78, 5) is 26.8. The molecule has 1 aliphatic heterocycles. The van der Waals surface area contributed by atoms with E-state index in [4.69, 9.17) is 9.52 Å². The van der Waals surface area contributed by atoms with Gasteiger partial charge in [-0.2, -0.15) is 0 Å². The summed E-state index contributed by atoms with van der Waals surface area (Å²) in [6.07, 6.45) is 6.78. The lowest BCUT2D eigenvalue weighted by atomic mass is 9.98. The molecule has 6 nitrogen and oxygen atoms in total. The third kappa shape index (κ3) is 4.24. The van der Waals surface area contributed by atoms with Crippen LogP contribution in [0.15, 0.2) is 23.0 Å². The number of carbonyl (C=O) groups is 2. The Labute approximate surface area is 124 Å². The molecule has 0 bridgehead atoms. The van der Waals surface area contributed by atoms with Gasteiger partial charge in [-0.3, -0.25) is 4.79 Å². The molecule has 2 amide bonds. The minimum absolute atomic E-state index is 0.0358. The van der Waals surface area contributed by atoms with Gasteiger partial charge in [-0.15, -0.1) is 0 Å². The molecule has 1 fully saturated rings. The van der Waals surface area contributed by atoms with Gasteiger partial charge in [-0.1, -0.05) is 0 Å². The van der Waals surface area contributed by atoms with Crippen molar-refractivity contribution in [2.24, 2.45) is 0 Å². The number of rotatable bonds is 5. The van der Waals surface area contributed by atoms with Gasteiger partial charge < -0.3 is 19.3 Å². The average Bonchev–Trinajstić information content (AvgIpc) is 2.97. The third-order valence-corrected chi connectivity index (χ3v) is 3.89. The molecule has 2 heterocycles. The van der Waals surface area contributed by atoms with Gasteiger partial charge in [0.2, 0.25) is 0 Å². The molecule has 1 aliphatic rings. The van der Waals surface area contributed by atoms with Gasteiger partial charge in [0.25, 0.3) is 0 Å². The first-order valence-electron chi connectivity index (χ1n) is 7.32. The predicted molar refractivity (Wildman–Crippen MR) is 76.8 cm³/mol. The van der Waals surface area contributed by atoms with E-state index in [-0.39, 0.29) is 18.5 Å². The Hall–Kier alpha value is -1.98. The summed E-state index contributed by atoms with van der Waals surface area (Å²) in [7, 11) is 1.76. The lowest BCUT2D eigenvalue weighted by Gasteiger charge is -2.38. The second-order valence-electron chi connectivity index (χ2n) is 5.55. The first-order valence-corrected chi connectivity index (χ1v) is 7.32. The van der Waals surface area contributed by atoms with Gasteiger partial charge in [0.15, 0.2) is 0 Å². The second-order valence-corrected chi connectivity index (χ2v) is 5.55. The monoisotopic (exact) mass is 294 g/mol. The van der Waals surface area contributed by atoms with Crippen molar-refractivity contribution in [2.45, 2.75) is 44.7 Å². The van der Waals surface area contributed by atoms with Crippen LogP contribution in [0, 0.1) is 0 Å². The molecule has 1 atom stereocenters. The number of amides is 2. The van der Waals surface area contributed by atoms with Crippen LogP contribution in [0.1, 0.15) is 37.7 Å². The first kappa shape index (κ1) is 15.4. The van der Waals surface area contributed by atoms with Gasteiger partial charge in [0, 0.05) is 31.6 Å². The van der Waals surface area contributed by atoms with E-state index in [1.54, 1.807) is 24.5 Å². The summed E-state index contributed by atoms with van der Waals surface area (Å²) in [6, 6.07) is 1.84. The van der Waals surface area contributed by atoms with Gasteiger partial charge in [-0.05, 0) is 31.7 Å². The minimum Gasteiger partial charge on any atom is -0.481 e. The van der Waals surface area contributed by atoms with Crippen LogP contribution in [0.5, 0.6) is 0 Å². The van der Waals surface area contributed by atoms with Crippen molar-refractivity contribution in [3.8, 4) is 0 Å². The molecule has 0 spiro atoms. The average molecular weight is 294 g/mol. The summed E-state index contributed by atoms with van der Waals surface area (Å²) >= 11 is 0. The van der Waals surface area contributed by atoms with Crippen LogP contribution in [0.2, 0.25) is 0 Å². The highest BCUT2D eigenvalue weighted by Gasteiger charge is 2.29. The Morgan fingerprint density at radius 3 is 2.95 bits per heavy atom. The number of piperidine rings is 1. The highest BCUT2D eigenvalue weighted by Crippen LogP contribution is 2.22. The maximum atomic E-state index is 12.6. The van der Waals surface area contributed by atoms with Gasteiger partial charge in [0.05, 0.1) is 19.1 Å². The molecule has 2 rings (SSSR count). The number of hydrogen-bond donors (Lipinski definition) is 1. The normalized spacial score (nSPS) is 18.5. The number of hydrogen-bond acceptors (Lipinski definition) is 3. The highest BCUT2D eigenvalue weighted by atomic mass is 16.4. The number of urea groups is 1. The molecule has 0 aliphatic carbocycles. The van der Waals surface area contributed by atoms with Crippen molar-refractivity contribution in [1.29, 1.82) is 0 Å². The number of furan rings is 1. The fourth-order valence-corrected chi connectivity index (χ4v) is 2.79. The Kier molecular flexibility index (Phi) is 5.25. The third-order valence-electron chi connectivity index (χ3n) is 3.89. The fraction of sp³-hybridized carbons (Fsp3) is 0.600. The summed E-state index contributed by atoms with van der Waals surface area (Å²) in [5.74, 6) is -0.806. The van der Waals surface area contributed by atoms with E-state index in [2.05, 4.69) is 0 Å². The van der Waals surface area contributed by atoms with E-state index in [9.17, 15) is 9.59 Å². The Morgan fingerprint density at radius 1 is 1.48 bits per heavy atom. The molecule has 1 saturated heterocycles. The Balaban J connectivity index is 1.95. The van der Waals surface area contributed by atoms with Crippen LogP contribution in [-0.4, -0.2) is 46.5 Å². The Morgan fingerprint density at radius 2 is 2.29 bits per heavy atom. The minimum atomic E-state index is -0.806. The largest absolute Gasteiger partial charge is 0.481 e. The van der Waals surface area contributed by atoms with Crippen LogP contribution in [0.25, 0.3) is 0 Å². The molecule has 6 heteroatoms. The molecular weight excluding hydrogens is 272 g/mol. The lowest BCUT2D eigenvalue weighted by molar-refractivity contribution is -0.137. The molecule has 1 aromatic heterocycles. The molecule has 1 aromatic rings. The van der Waals surface area contributed by atoms with E-state index in [0.29, 0.717) is 19.5 Å². The first-order chi connectivity index (χ1) is 10.1. The van der Waals surface area contributed by atoms with Crippen molar-refractivity contribution in [1.82, 2.24) is 9.80 Å². The zero-order chi connectivity index (χ0) is 15.2. The topological polar surface area (TPSA) is 74.0 Å². The van der Waals surface area contributed by atoms with Crippen LogP contribution in [-0.2, 0) is 11.3 Å². The summed E-state index contributed by atoms with van der Waals surface area (Å²) in [5.41, 5.74) is 0.949. The predicted octanol–water partition coefficient (Wildman–Crippen LogP) is 2.55.